The van der Waals surface area contributed by atoms with E-state index in [2.05, 4.69) is 13.5 Å². The third-order valence-electron chi connectivity index (χ3n) is 2.75. The summed E-state index contributed by atoms with van der Waals surface area (Å²) in [6.07, 6.45) is 11.8. The summed E-state index contributed by atoms with van der Waals surface area (Å²) in [6, 6.07) is 0. The highest BCUT2D eigenvalue weighted by Gasteiger charge is 2.23. The maximum atomic E-state index is 5.88. The maximum Gasteiger partial charge on any atom is 0.0614 e. The molecule has 0 bridgehead atoms. The maximum absolute atomic E-state index is 5.88. The second-order valence-corrected chi connectivity index (χ2v) is 3.98. The average molecular weight is 182 g/mol. The first-order valence-electron chi connectivity index (χ1n) is 5.63. The molecule has 1 nitrogen and oxygen atoms in total. The van der Waals surface area contributed by atoms with Crippen LogP contribution < -0.4 is 0 Å². The highest BCUT2D eigenvalue weighted by molar-refractivity contribution is 4.80. The Morgan fingerprint density at radius 1 is 1.31 bits per heavy atom. The number of hydrogen-bond donors (Lipinski definition) is 0. The number of ether oxygens (including phenoxy) is 1. The van der Waals surface area contributed by atoms with E-state index >= 15 is 0 Å². The van der Waals surface area contributed by atoms with Crippen LogP contribution >= 0.6 is 0 Å². The highest BCUT2D eigenvalue weighted by Crippen LogP contribution is 2.25. The number of unbranched alkanes of at least 4 members (excludes halogenated alkanes) is 2. The molecule has 0 spiro atoms. The van der Waals surface area contributed by atoms with Crippen molar-refractivity contribution in [3.8, 4) is 0 Å². The molecule has 1 heterocycles. The Kier molecular flexibility index (Phi) is 5.14. The fourth-order valence-corrected chi connectivity index (χ4v) is 1.97. The third-order valence-corrected chi connectivity index (χ3v) is 2.75. The molecule has 0 aromatic heterocycles. The van der Waals surface area contributed by atoms with Crippen molar-refractivity contribution >= 4 is 0 Å². The van der Waals surface area contributed by atoms with Crippen LogP contribution in [0.1, 0.15) is 51.9 Å². The van der Waals surface area contributed by atoms with Gasteiger partial charge in [0.15, 0.2) is 0 Å². The molecule has 1 heteroatoms. The van der Waals surface area contributed by atoms with E-state index in [1.54, 1.807) is 0 Å². The zero-order chi connectivity index (χ0) is 9.52. The van der Waals surface area contributed by atoms with Gasteiger partial charge in [-0.2, -0.15) is 0 Å². The summed E-state index contributed by atoms with van der Waals surface area (Å²) in [5, 5.41) is 0. The molecule has 0 aliphatic carbocycles. The van der Waals surface area contributed by atoms with Gasteiger partial charge in [-0.1, -0.05) is 32.3 Å². The van der Waals surface area contributed by atoms with Crippen molar-refractivity contribution in [3.05, 3.63) is 12.7 Å². The predicted octanol–water partition coefficient (Wildman–Crippen LogP) is 3.69. The van der Waals surface area contributed by atoms with E-state index in [-0.39, 0.29) is 0 Å². The zero-order valence-corrected chi connectivity index (χ0v) is 8.80. The second kappa shape index (κ2) is 6.20. The van der Waals surface area contributed by atoms with Crippen molar-refractivity contribution in [2.75, 3.05) is 0 Å². The average Bonchev–Trinajstić information content (AvgIpc) is 2.54. The van der Waals surface area contributed by atoms with Gasteiger partial charge in [-0.15, -0.1) is 6.58 Å². The molecule has 2 atom stereocenters. The van der Waals surface area contributed by atoms with Gasteiger partial charge in [0.05, 0.1) is 12.2 Å². The van der Waals surface area contributed by atoms with E-state index in [9.17, 15) is 0 Å². The Bertz CT molecular complexity index is 142. The summed E-state index contributed by atoms with van der Waals surface area (Å²) in [4.78, 5) is 0. The van der Waals surface area contributed by atoms with Crippen LogP contribution in [-0.2, 0) is 4.74 Å². The lowest BCUT2D eigenvalue weighted by atomic mass is 10.1. The van der Waals surface area contributed by atoms with Crippen LogP contribution in [0.15, 0.2) is 12.7 Å². The molecule has 0 aromatic rings. The van der Waals surface area contributed by atoms with E-state index in [0.29, 0.717) is 12.2 Å². The molecule has 1 saturated heterocycles. The van der Waals surface area contributed by atoms with Crippen molar-refractivity contribution in [1.82, 2.24) is 0 Å². The highest BCUT2D eigenvalue weighted by atomic mass is 16.5. The van der Waals surface area contributed by atoms with Gasteiger partial charge < -0.3 is 4.74 Å². The number of hydrogen-bond acceptors (Lipinski definition) is 1. The lowest BCUT2D eigenvalue weighted by Crippen LogP contribution is -2.09. The molecule has 1 rings (SSSR count). The first-order chi connectivity index (χ1) is 6.36. The minimum absolute atomic E-state index is 0.476. The van der Waals surface area contributed by atoms with Gasteiger partial charge in [-0.25, -0.2) is 0 Å². The van der Waals surface area contributed by atoms with Crippen LogP contribution in [0.2, 0.25) is 0 Å². The first kappa shape index (κ1) is 10.8. The van der Waals surface area contributed by atoms with Crippen LogP contribution in [0.5, 0.6) is 0 Å². The minimum Gasteiger partial charge on any atom is -0.375 e. The lowest BCUT2D eigenvalue weighted by molar-refractivity contribution is 0.0411. The van der Waals surface area contributed by atoms with E-state index in [1.165, 1.54) is 38.5 Å². The van der Waals surface area contributed by atoms with Gasteiger partial charge in [0.25, 0.3) is 0 Å². The minimum atomic E-state index is 0.476. The monoisotopic (exact) mass is 182 g/mol. The van der Waals surface area contributed by atoms with Crippen molar-refractivity contribution in [3.63, 3.8) is 0 Å². The molecule has 0 saturated carbocycles. The molecule has 0 aromatic carbocycles. The molecule has 0 radical (unpaired) electrons. The molecule has 0 amide bonds. The Morgan fingerprint density at radius 2 is 2.08 bits per heavy atom. The molecule has 13 heavy (non-hydrogen) atoms. The smallest absolute Gasteiger partial charge is 0.0614 e. The van der Waals surface area contributed by atoms with Gasteiger partial charge in [0.1, 0.15) is 0 Å². The van der Waals surface area contributed by atoms with E-state index in [0.717, 1.165) is 6.42 Å². The quantitative estimate of drug-likeness (QED) is 0.449. The van der Waals surface area contributed by atoms with E-state index < -0.39 is 0 Å². The van der Waals surface area contributed by atoms with Crippen molar-refractivity contribution in [2.45, 2.75) is 64.1 Å². The molecule has 0 unspecified atom stereocenters. The first-order valence-corrected chi connectivity index (χ1v) is 5.63. The van der Waals surface area contributed by atoms with E-state index in [1.807, 2.05) is 6.08 Å². The summed E-state index contributed by atoms with van der Waals surface area (Å²) >= 11 is 0. The summed E-state index contributed by atoms with van der Waals surface area (Å²) in [5.74, 6) is 0. The Labute approximate surface area is 82.2 Å². The standard InChI is InChI=1S/C12H22O/c1-3-5-6-8-12-10-9-11(13-12)7-4-2/h4,11-12H,2-3,5-10H2,1H3/t11-,12+/m0/s1. The third kappa shape index (κ3) is 3.95. The lowest BCUT2D eigenvalue weighted by Gasteiger charge is -2.11. The molecule has 76 valence electrons. The summed E-state index contributed by atoms with van der Waals surface area (Å²) < 4.78 is 5.88. The van der Waals surface area contributed by atoms with Gasteiger partial charge in [-0.3, -0.25) is 0 Å². The number of rotatable bonds is 6. The van der Waals surface area contributed by atoms with Crippen LogP contribution in [0.4, 0.5) is 0 Å². The SMILES string of the molecule is C=CC[C@H]1CC[C@@H](CCCCC)O1. The second-order valence-electron chi connectivity index (χ2n) is 3.98. The van der Waals surface area contributed by atoms with E-state index in [4.69, 9.17) is 4.74 Å². The van der Waals surface area contributed by atoms with Crippen LogP contribution in [0.25, 0.3) is 0 Å². The Balaban J connectivity index is 2.06. The summed E-state index contributed by atoms with van der Waals surface area (Å²) in [6.45, 7) is 5.99. The van der Waals surface area contributed by atoms with Gasteiger partial charge in [0, 0.05) is 0 Å². The van der Waals surface area contributed by atoms with Gasteiger partial charge >= 0.3 is 0 Å². The summed E-state index contributed by atoms with van der Waals surface area (Å²) in [7, 11) is 0. The summed E-state index contributed by atoms with van der Waals surface area (Å²) in [5.41, 5.74) is 0. The molecule has 1 aliphatic rings. The van der Waals surface area contributed by atoms with Crippen molar-refractivity contribution < 1.29 is 4.74 Å². The van der Waals surface area contributed by atoms with Crippen LogP contribution in [0.3, 0.4) is 0 Å². The molecule has 0 N–H and O–H groups in total. The van der Waals surface area contributed by atoms with Crippen LogP contribution in [-0.4, -0.2) is 12.2 Å². The molecule has 1 fully saturated rings. The Morgan fingerprint density at radius 3 is 2.77 bits per heavy atom. The fraction of sp³-hybridized carbons (Fsp3) is 0.833. The Hall–Kier alpha value is -0.300. The predicted molar refractivity (Wildman–Crippen MR) is 56.9 cm³/mol. The fourth-order valence-electron chi connectivity index (χ4n) is 1.97. The zero-order valence-electron chi connectivity index (χ0n) is 8.80. The van der Waals surface area contributed by atoms with Gasteiger partial charge in [0.2, 0.25) is 0 Å². The van der Waals surface area contributed by atoms with Crippen molar-refractivity contribution in [1.29, 1.82) is 0 Å². The van der Waals surface area contributed by atoms with Gasteiger partial charge in [-0.05, 0) is 25.7 Å². The molecular weight excluding hydrogens is 160 g/mol. The molecule has 1 aliphatic heterocycles. The van der Waals surface area contributed by atoms with Crippen molar-refractivity contribution in [2.24, 2.45) is 0 Å². The normalized spacial score (nSPS) is 27.8. The molecular formula is C12H22O. The largest absolute Gasteiger partial charge is 0.375 e. The van der Waals surface area contributed by atoms with Crippen LogP contribution in [0, 0.1) is 0 Å². The topological polar surface area (TPSA) is 9.23 Å².